The Morgan fingerprint density at radius 3 is 2.80 bits per heavy atom. The number of imidazole rings is 1. The van der Waals surface area contributed by atoms with Crippen molar-refractivity contribution in [1.29, 1.82) is 0 Å². The van der Waals surface area contributed by atoms with Gasteiger partial charge >= 0.3 is 0 Å². The van der Waals surface area contributed by atoms with Gasteiger partial charge in [-0.3, -0.25) is 4.79 Å². The Morgan fingerprint density at radius 2 is 2.04 bits per heavy atom. The van der Waals surface area contributed by atoms with Gasteiger partial charge in [-0.05, 0) is 29.8 Å². The van der Waals surface area contributed by atoms with E-state index in [1.807, 2.05) is 36.4 Å². The fourth-order valence-electron chi connectivity index (χ4n) is 2.50. The van der Waals surface area contributed by atoms with Gasteiger partial charge in [-0.1, -0.05) is 18.2 Å². The first-order valence-corrected chi connectivity index (χ1v) is 7.88. The van der Waals surface area contributed by atoms with Gasteiger partial charge in [0.15, 0.2) is 18.1 Å². The Hall–Kier alpha value is -3.06. The fraction of sp³-hybridized carbons (Fsp3) is 0.222. The number of carbonyl (C=O) groups excluding carboxylic acids is 1. The SMILES string of the molecule is COc1cc(CNCc2nc3ccccc3[nH]2)ccc1OCC(N)=O. The fourth-order valence-corrected chi connectivity index (χ4v) is 2.50. The molecule has 0 atom stereocenters. The highest BCUT2D eigenvalue weighted by molar-refractivity contribution is 5.75. The Balaban J connectivity index is 1.59. The molecule has 25 heavy (non-hydrogen) atoms. The third-order valence-electron chi connectivity index (χ3n) is 3.66. The lowest BCUT2D eigenvalue weighted by atomic mass is 10.2. The Labute approximate surface area is 145 Å². The highest BCUT2D eigenvalue weighted by Gasteiger charge is 2.08. The number of nitrogens with zero attached hydrogens (tertiary/aromatic N) is 1. The molecule has 1 aromatic heterocycles. The number of fused-ring (bicyclic) bond motifs is 1. The number of rotatable bonds is 8. The Kier molecular flexibility index (Phi) is 5.15. The number of benzene rings is 2. The molecular formula is C18H20N4O3. The van der Waals surface area contributed by atoms with Crippen molar-refractivity contribution in [1.82, 2.24) is 15.3 Å². The van der Waals surface area contributed by atoms with E-state index in [9.17, 15) is 4.79 Å². The van der Waals surface area contributed by atoms with Crippen LogP contribution in [0.4, 0.5) is 0 Å². The third kappa shape index (κ3) is 4.27. The highest BCUT2D eigenvalue weighted by atomic mass is 16.5. The number of amides is 1. The van der Waals surface area contributed by atoms with Gasteiger partial charge in [0, 0.05) is 6.54 Å². The standard InChI is InChI=1S/C18H20N4O3/c1-24-16-8-12(6-7-15(16)25-11-17(19)23)9-20-10-18-21-13-4-2-3-5-14(13)22-18/h2-8,20H,9-11H2,1H3,(H2,19,23)(H,21,22). The number of primary amides is 1. The molecule has 0 aliphatic carbocycles. The molecule has 0 aliphatic rings. The molecule has 0 radical (unpaired) electrons. The monoisotopic (exact) mass is 340 g/mol. The molecule has 1 amide bonds. The molecule has 0 fully saturated rings. The van der Waals surface area contributed by atoms with Crippen LogP contribution in [0, 0.1) is 0 Å². The molecule has 4 N–H and O–H groups in total. The second-order valence-electron chi connectivity index (χ2n) is 5.54. The van der Waals surface area contributed by atoms with Gasteiger partial charge < -0.3 is 25.5 Å². The maximum Gasteiger partial charge on any atom is 0.255 e. The van der Waals surface area contributed by atoms with Gasteiger partial charge in [-0.15, -0.1) is 0 Å². The minimum Gasteiger partial charge on any atom is -0.493 e. The van der Waals surface area contributed by atoms with Gasteiger partial charge in [-0.25, -0.2) is 4.98 Å². The molecular weight excluding hydrogens is 320 g/mol. The van der Waals surface area contributed by atoms with Crippen LogP contribution in [0.3, 0.4) is 0 Å². The van der Waals surface area contributed by atoms with Crippen LogP contribution in [0.1, 0.15) is 11.4 Å². The lowest BCUT2D eigenvalue weighted by molar-refractivity contribution is -0.119. The van der Waals surface area contributed by atoms with Crippen LogP contribution in [-0.4, -0.2) is 29.6 Å². The number of hydrogen-bond acceptors (Lipinski definition) is 5. The first-order chi connectivity index (χ1) is 12.2. The van der Waals surface area contributed by atoms with Gasteiger partial charge in [0.2, 0.25) is 0 Å². The third-order valence-corrected chi connectivity index (χ3v) is 3.66. The van der Waals surface area contributed by atoms with Crippen molar-refractivity contribution in [2.75, 3.05) is 13.7 Å². The summed E-state index contributed by atoms with van der Waals surface area (Å²) >= 11 is 0. The summed E-state index contributed by atoms with van der Waals surface area (Å²) in [7, 11) is 1.55. The summed E-state index contributed by atoms with van der Waals surface area (Å²) in [6, 6.07) is 13.5. The van der Waals surface area contributed by atoms with Crippen molar-refractivity contribution in [3.8, 4) is 11.5 Å². The number of para-hydroxylation sites is 2. The quantitative estimate of drug-likeness (QED) is 0.579. The lowest BCUT2D eigenvalue weighted by Crippen LogP contribution is -2.20. The predicted octanol–water partition coefficient (Wildman–Crippen LogP) is 1.73. The topological polar surface area (TPSA) is 102 Å². The number of carbonyl (C=O) groups is 1. The van der Waals surface area contributed by atoms with Crippen molar-refractivity contribution in [2.24, 2.45) is 5.73 Å². The van der Waals surface area contributed by atoms with Gasteiger partial charge in [0.05, 0.1) is 24.7 Å². The molecule has 3 rings (SSSR count). The van der Waals surface area contributed by atoms with Gasteiger partial charge in [-0.2, -0.15) is 0 Å². The molecule has 0 saturated heterocycles. The molecule has 0 spiro atoms. The first kappa shape index (κ1) is 16.8. The van der Waals surface area contributed by atoms with E-state index in [1.165, 1.54) is 0 Å². The van der Waals surface area contributed by atoms with Crippen LogP contribution in [0.25, 0.3) is 11.0 Å². The lowest BCUT2D eigenvalue weighted by Gasteiger charge is -2.11. The number of nitrogens with two attached hydrogens (primary N) is 1. The molecule has 0 bridgehead atoms. The Bertz CT molecular complexity index is 843. The second-order valence-corrected chi connectivity index (χ2v) is 5.54. The molecule has 3 aromatic rings. The summed E-state index contributed by atoms with van der Waals surface area (Å²) in [5.41, 5.74) is 8.09. The predicted molar refractivity (Wildman–Crippen MR) is 94.3 cm³/mol. The van der Waals surface area contributed by atoms with E-state index < -0.39 is 5.91 Å². The minimum atomic E-state index is -0.529. The largest absolute Gasteiger partial charge is 0.493 e. The van der Waals surface area contributed by atoms with Crippen LogP contribution >= 0.6 is 0 Å². The number of aromatic nitrogens is 2. The molecule has 130 valence electrons. The number of methoxy groups -OCH3 is 1. The van der Waals surface area contributed by atoms with E-state index in [0.29, 0.717) is 24.6 Å². The maximum atomic E-state index is 10.8. The van der Waals surface area contributed by atoms with Crippen LogP contribution < -0.4 is 20.5 Å². The summed E-state index contributed by atoms with van der Waals surface area (Å²) in [5.74, 6) is 1.40. The number of hydrogen-bond donors (Lipinski definition) is 3. The smallest absolute Gasteiger partial charge is 0.255 e. The number of H-pyrrole nitrogens is 1. The molecule has 0 unspecified atom stereocenters. The van der Waals surface area contributed by atoms with E-state index in [4.69, 9.17) is 15.2 Å². The zero-order chi connectivity index (χ0) is 17.6. The van der Waals surface area contributed by atoms with Crippen LogP contribution in [0.5, 0.6) is 11.5 Å². The van der Waals surface area contributed by atoms with Gasteiger partial charge in [0.1, 0.15) is 5.82 Å². The zero-order valence-electron chi connectivity index (χ0n) is 13.9. The minimum absolute atomic E-state index is 0.181. The molecule has 2 aromatic carbocycles. The van der Waals surface area contributed by atoms with E-state index >= 15 is 0 Å². The number of ether oxygens (including phenoxy) is 2. The summed E-state index contributed by atoms with van der Waals surface area (Å²) in [6.07, 6.45) is 0. The van der Waals surface area contributed by atoms with Crippen molar-refractivity contribution >= 4 is 16.9 Å². The van der Waals surface area contributed by atoms with Crippen molar-refractivity contribution in [3.05, 3.63) is 53.9 Å². The zero-order valence-corrected chi connectivity index (χ0v) is 13.9. The van der Waals surface area contributed by atoms with E-state index in [1.54, 1.807) is 13.2 Å². The normalized spacial score (nSPS) is 10.8. The van der Waals surface area contributed by atoms with Crippen molar-refractivity contribution < 1.29 is 14.3 Å². The van der Waals surface area contributed by atoms with E-state index in [0.717, 1.165) is 22.4 Å². The summed E-state index contributed by atoms with van der Waals surface area (Å²) < 4.78 is 10.6. The highest BCUT2D eigenvalue weighted by Crippen LogP contribution is 2.28. The number of nitrogens with one attached hydrogen (secondary N) is 2. The van der Waals surface area contributed by atoms with Crippen LogP contribution in [0.2, 0.25) is 0 Å². The van der Waals surface area contributed by atoms with Gasteiger partial charge in [0.25, 0.3) is 5.91 Å². The summed E-state index contributed by atoms with van der Waals surface area (Å²) in [4.78, 5) is 18.6. The van der Waals surface area contributed by atoms with E-state index in [2.05, 4.69) is 15.3 Å². The maximum absolute atomic E-state index is 10.8. The van der Waals surface area contributed by atoms with Crippen molar-refractivity contribution in [3.63, 3.8) is 0 Å². The van der Waals surface area contributed by atoms with Crippen molar-refractivity contribution in [2.45, 2.75) is 13.1 Å². The summed E-state index contributed by atoms with van der Waals surface area (Å²) in [5, 5.41) is 3.34. The summed E-state index contributed by atoms with van der Waals surface area (Å²) in [6.45, 7) is 1.08. The van der Waals surface area contributed by atoms with Crippen LogP contribution in [-0.2, 0) is 17.9 Å². The molecule has 7 heteroatoms. The van der Waals surface area contributed by atoms with Crippen LogP contribution in [0.15, 0.2) is 42.5 Å². The molecule has 0 aliphatic heterocycles. The average molecular weight is 340 g/mol. The first-order valence-electron chi connectivity index (χ1n) is 7.88. The second kappa shape index (κ2) is 7.67. The molecule has 1 heterocycles. The molecule has 7 nitrogen and oxygen atoms in total. The Morgan fingerprint density at radius 1 is 1.20 bits per heavy atom. The van der Waals surface area contributed by atoms with E-state index in [-0.39, 0.29) is 6.61 Å². The number of aromatic amines is 1. The average Bonchev–Trinajstić information content (AvgIpc) is 3.03. The molecule has 0 saturated carbocycles.